The normalized spacial score (nSPS) is 11.6. The van der Waals surface area contributed by atoms with Crippen molar-refractivity contribution >= 4 is 26.0 Å². The third-order valence-corrected chi connectivity index (χ3v) is 2.36. The van der Waals surface area contributed by atoms with Gasteiger partial charge in [-0.25, -0.2) is 0 Å². The van der Waals surface area contributed by atoms with Crippen LogP contribution in [-0.4, -0.2) is 19.7 Å². The molecule has 86 valence electrons. The number of nitrogens with two attached hydrogens (primary N) is 1. The fourth-order valence-electron chi connectivity index (χ4n) is 1.46. The quantitative estimate of drug-likeness (QED) is 0.469. The number of rotatable bonds is 6. The Morgan fingerprint density at radius 3 is 2.44 bits per heavy atom. The average molecular weight is 238 g/mol. The van der Waals surface area contributed by atoms with E-state index in [4.69, 9.17) is 13.6 Å². The number of hydrogen-bond donors (Lipinski definition) is 1. The molecule has 0 heterocycles. The Labute approximate surface area is 104 Å². The molecule has 1 unspecified atom stereocenters. The van der Waals surface area contributed by atoms with Crippen molar-refractivity contribution in [3.63, 3.8) is 0 Å². The highest BCUT2D eigenvalue weighted by Crippen LogP contribution is 2.08. The van der Waals surface area contributed by atoms with Gasteiger partial charge in [-0.3, -0.25) is 4.79 Å². The van der Waals surface area contributed by atoms with Crippen molar-refractivity contribution in [3.8, 4) is 0 Å². The Bertz CT molecular complexity index is 305. The highest BCUT2D eigenvalue weighted by Gasteiger charge is 2.14. The summed E-state index contributed by atoms with van der Waals surface area (Å²) in [6.07, 6.45) is 3.21. The topological polar surface area (TPSA) is 43.1 Å². The maximum absolute atomic E-state index is 11.8. The molecule has 2 nitrogen and oxygen atoms in total. The first-order valence-corrected chi connectivity index (χ1v) is 5.30. The fourth-order valence-corrected chi connectivity index (χ4v) is 1.46. The number of carbonyl (C=O) groups is 1. The highest BCUT2D eigenvalue weighted by atomic mass is 35.5. The second kappa shape index (κ2) is 8.37. The van der Waals surface area contributed by atoms with Crippen LogP contribution in [0.3, 0.4) is 0 Å². The van der Waals surface area contributed by atoms with Gasteiger partial charge in [0.1, 0.15) is 0 Å². The van der Waals surface area contributed by atoms with Gasteiger partial charge in [-0.1, -0.05) is 49.5 Å². The Hall–Kier alpha value is -0.795. The lowest BCUT2D eigenvalue weighted by molar-refractivity contribution is 0.0956. The largest absolute Gasteiger partial charge is 0.321 e. The minimum atomic E-state index is -0.390. The van der Waals surface area contributed by atoms with Gasteiger partial charge in [0.25, 0.3) is 0 Å². The average Bonchev–Trinajstić information content (AvgIpc) is 2.29. The minimum absolute atomic E-state index is 0. The summed E-state index contributed by atoms with van der Waals surface area (Å²) >= 11 is 0. The number of benzene rings is 1. The molecule has 1 rings (SSSR count). The number of carbonyl (C=O) groups excluding carboxylic acids is 1. The first-order valence-electron chi connectivity index (χ1n) is 5.30. The van der Waals surface area contributed by atoms with E-state index in [0.717, 1.165) is 12.8 Å². The zero-order valence-corrected chi connectivity index (χ0v) is 10.1. The Morgan fingerprint density at radius 1 is 1.25 bits per heavy atom. The van der Waals surface area contributed by atoms with Gasteiger partial charge in [0.15, 0.2) is 5.78 Å². The van der Waals surface area contributed by atoms with Gasteiger partial charge in [0.2, 0.25) is 0 Å². The van der Waals surface area contributed by atoms with Crippen LogP contribution in [0.4, 0.5) is 0 Å². The van der Waals surface area contributed by atoms with Gasteiger partial charge in [0, 0.05) is 5.56 Å². The van der Waals surface area contributed by atoms with E-state index in [1.54, 1.807) is 12.1 Å². The van der Waals surface area contributed by atoms with Crippen LogP contribution in [0.5, 0.6) is 0 Å². The zero-order chi connectivity index (χ0) is 11.1. The van der Waals surface area contributed by atoms with E-state index < -0.39 is 0 Å². The molecule has 2 N–H and O–H groups in total. The first-order chi connectivity index (χ1) is 7.25. The molecule has 0 fully saturated rings. The number of hydrogen-bond acceptors (Lipinski definition) is 2. The maximum Gasteiger partial charge on any atom is 0.179 e. The molecule has 0 aliphatic rings. The first kappa shape index (κ1) is 15.2. The van der Waals surface area contributed by atoms with Gasteiger partial charge < -0.3 is 5.73 Å². The van der Waals surface area contributed by atoms with Gasteiger partial charge >= 0.3 is 0 Å². The monoisotopic (exact) mass is 237 g/mol. The van der Waals surface area contributed by atoms with Gasteiger partial charge in [-0.15, -0.1) is 12.4 Å². The van der Waals surface area contributed by atoms with E-state index in [1.807, 2.05) is 18.2 Å². The van der Waals surface area contributed by atoms with Crippen LogP contribution in [-0.2, 0) is 0 Å². The molecule has 0 saturated heterocycles. The summed E-state index contributed by atoms with van der Waals surface area (Å²) < 4.78 is 0. The molecule has 4 heteroatoms. The second-order valence-electron chi connectivity index (χ2n) is 3.62. The third-order valence-electron chi connectivity index (χ3n) is 2.36. The van der Waals surface area contributed by atoms with Gasteiger partial charge in [0.05, 0.1) is 13.9 Å². The smallest absolute Gasteiger partial charge is 0.179 e. The fraction of sp³-hybridized carbons (Fsp3) is 0.417. The second-order valence-corrected chi connectivity index (χ2v) is 3.62. The molecular weight excluding hydrogens is 220 g/mol. The van der Waals surface area contributed by atoms with Crippen molar-refractivity contribution < 1.29 is 4.79 Å². The molecule has 2 radical (unpaired) electrons. The number of unbranched alkanes of at least 4 members (excludes halogenated alkanes) is 1. The zero-order valence-electron chi connectivity index (χ0n) is 9.26. The van der Waals surface area contributed by atoms with Crippen molar-refractivity contribution in [2.75, 3.05) is 0 Å². The van der Waals surface area contributed by atoms with Crippen LogP contribution in [0, 0.1) is 0 Å². The summed E-state index contributed by atoms with van der Waals surface area (Å²) in [5.74, 6) is 0.0209. The lowest BCUT2D eigenvalue weighted by Gasteiger charge is -2.09. The molecule has 0 spiro atoms. The summed E-state index contributed by atoms with van der Waals surface area (Å²) in [4.78, 5) is 11.8. The molecule has 0 aliphatic heterocycles. The van der Waals surface area contributed by atoms with Crippen LogP contribution in [0.25, 0.3) is 0 Å². The van der Waals surface area contributed by atoms with E-state index >= 15 is 0 Å². The van der Waals surface area contributed by atoms with Crippen LogP contribution in [0.2, 0.25) is 6.32 Å². The highest BCUT2D eigenvalue weighted by molar-refractivity contribution is 6.08. The number of Topliss-reactive ketones (excluding diaryl/α,β-unsaturated/α-hetero) is 1. The Morgan fingerprint density at radius 2 is 1.88 bits per heavy atom. The molecule has 0 aromatic heterocycles. The Kier molecular flexibility index (Phi) is 7.95. The number of halogens is 1. The summed E-state index contributed by atoms with van der Waals surface area (Å²) in [6, 6.07) is 8.78. The van der Waals surface area contributed by atoms with Crippen molar-refractivity contribution in [3.05, 3.63) is 35.9 Å². The molecule has 0 saturated carbocycles. The summed E-state index contributed by atoms with van der Waals surface area (Å²) in [5, 5.41) is 0. The third kappa shape index (κ3) is 4.82. The van der Waals surface area contributed by atoms with E-state index in [0.29, 0.717) is 18.3 Å². The van der Waals surface area contributed by atoms with Crippen molar-refractivity contribution in [2.24, 2.45) is 5.73 Å². The van der Waals surface area contributed by atoms with E-state index in [-0.39, 0.29) is 24.2 Å². The van der Waals surface area contributed by atoms with Gasteiger partial charge in [-0.05, 0) is 6.42 Å². The molecule has 16 heavy (non-hydrogen) atoms. The lowest BCUT2D eigenvalue weighted by Crippen LogP contribution is -2.30. The molecule has 0 amide bonds. The van der Waals surface area contributed by atoms with Crippen LogP contribution in [0.15, 0.2) is 30.3 Å². The van der Waals surface area contributed by atoms with Gasteiger partial charge in [-0.2, -0.15) is 0 Å². The summed E-state index contributed by atoms with van der Waals surface area (Å²) in [6.45, 7) is 0. The van der Waals surface area contributed by atoms with Crippen LogP contribution < -0.4 is 5.73 Å². The van der Waals surface area contributed by atoms with E-state index in [2.05, 4.69) is 0 Å². The standard InChI is InChI=1S/C12H16BNO.ClH/c13-9-5-4-8-11(14)12(15)10-6-2-1-3-7-10;/h1-3,6-7,11H,4-5,8-9,14H2;1H. The molecule has 1 aromatic carbocycles. The SMILES string of the molecule is Cl.[B]CCCCC(N)C(=O)c1ccccc1. The summed E-state index contributed by atoms with van der Waals surface area (Å²) in [5.41, 5.74) is 6.49. The molecule has 1 atom stereocenters. The summed E-state index contributed by atoms with van der Waals surface area (Å²) in [7, 11) is 5.38. The maximum atomic E-state index is 11.8. The number of ketones is 1. The van der Waals surface area contributed by atoms with Crippen molar-refractivity contribution in [1.82, 2.24) is 0 Å². The molecule has 0 aliphatic carbocycles. The van der Waals surface area contributed by atoms with Crippen LogP contribution in [0.1, 0.15) is 29.6 Å². The van der Waals surface area contributed by atoms with E-state index in [9.17, 15) is 4.79 Å². The molecular formula is C12H17BClNO. The van der Waals surface area contributed by atoms with Crippen molar-refractivity contribution in [1.29, 1.82) is 0 Å². The predicted octanol–water partition coefficient (Wildman–Crippen LogP) is 2.38. The Balaban J connectivity index is 0.00000225. The van der Waals surface area contributed by atoms with E-state index in [1.165, 1.54) is 0 Å². The predicted molar refractivity (Wildman–Crippen MR) is 70.4 cm³/mol. The van der Waals surface area contributed by atoms with Crippen molar-refractivity contribution in [2.45, 2.75) is 31.6 Å². The molecule has 1 aromatic rings. The lowest BCUT2D eigenvalue weighted by atomic mass is 9.95. The molecule has 0 bridgehead atoms. The minimum Gasteiger partial charge on any atom is -0.321 e. The van der Waals surface area contributed by atoms with Crippen LogP contribution >= 0.6 is 12.4 Å².